The molecule has 0 heterocycles. The van der Waals surface area contributed by atoms with E-state index in [0.717, 1.165) is 19.3 Å². The number of carbonyl (C=O) groups is 4. The fourth-order valence-corrected chi connectivity index (χ4v) is 3.28. The molecule has 0 atom stereocenters. The molecule has 0 radical (unpaired) electrons. The Morgan fingerprint density at radius 1 is 0.711 bits per heavy atom. The molecule has 38 heavy (non-hydrogen) atoms. The van der Waals surface area contributed by atoms with Crippen LogP contribution in [-0.4, -0.2) is 23.9 Å². The van der Waals surface area contributed by atoms with E-state index in [9.17, 15) is 23.6 Å². The van der Waals surface area contributed by atoms with Crippen molar-refractivity contribution in [2.45, 2.75) is 85.2 Å². The third-order valence-electron chi connectivity index (χ3n) is 5.38. The molecule has 0 bridgehead atoms. The Morgan fingerprint density at radius 3 is 1.68 bits per heavy atom. The summed E-state index contributed by atoms with van der Waals surface area (Å²) in [5, 5.41) is 0. The SMILES string of the molecule is CCCCC(=O)Oc1cc(C(=O)OCc2cccc(F)c2)cc(OC(=O)CCCC)c1OC(=O)CCCC. The van der Waals surface area contributed by atoms with E-state index in [1.54, 1.807) is 6.07 Å². The zero-order valence-corrected chi connectivity index (χ0v) is 22.2. The number of hydrogen-bond donors (Lipinski definition) is 0. The highest BCUT2D eigenvalue weighted by molar-refractivity contribution is 5.92. The Kier molecular flexibility index (Phi) is 13.0. The van der Waals surface area contributed by atoms with Gasteiger partial charge in [-0.15, -0.1) is 0 Å². The molecule has 0 unspecified atom stereocenters. The largest absolute Gasteiger partial charge is 0.457 e. The van der Waals surface area contributed by atoms with Crippen molar-refractivity contribution in [2.75, 3.05) is 0 Å². The first-order chi connectivity index (χ1) is 18.3. The van der Waals surface area contributed by atoms with Crippen molar-refractivity contribution in [3.8, 4) is 17.2 Å². The van der Waals surface area contributed by atoms with Gasteiger partial charge in [0.25, 0.3) is 0 Å². The van der Waals surface area contributed by atoms with Crippen LogP contribution >= 0.6 is 0 Å². The first kappa shape index (κ1) is 30.5. The van der Waals surface area contributed by atoms with Gasteiger partial charge in [0.2, 0.25) is 5.75 Å². The van der Waals surface area contributed by atoms with Crippen molar-refractivity contribution in [1.29, 1.82) is 0 Å². The molecular formula is C29H35FO8. The van der Waals surface area contributed by atoms with Gasteiger partial charge in [-0.05, 0) is 49.1 Å². The summed E-state index contributed by atoms with van der Waals surface area (Å²) >= 11 is 0. The molecule has 2 rings (SSSR count). The van der Waals surface area contributed by atoms with Crippen LogP contribution in [0.15, 0.2) is 36.4 Å². The molecular weight excluding hydrogens is 495 g/mol. The van der Waals surface area contributed by atoms with Gasteiger partial charge in [0, 0.05) is 19.3 Å². The van der Waals surface area contributed by atoms with Gasteiger partial charge in [-0.1, -0.05) is 52.2 Å². The first-order valence-corrected chi connectivity index (χ1v) is 13.0. The Bertz CT molecular complexity index is 1070. The molecule has 9 heteroatoms. The van der Waals surface area contributed by atoms with Gasteiger partial charge in [-0.2, -0.15) is 0 Å². The van der Waals surface area contributed by atoms with Crippen LogP contribution in [0.3, 0.4) is 0 Å². The molecule has 0 aliphatic rings. The summed E-state index contributed by atoms with van der Waals surface area (Å²) in [6, 6.07) is 7.98. The standard InChI is InChI=1S/C29H35FO8/c1-4-7-13-25(31)36-23-17-21(29(34)35-19-20-11-10-12-22(30)16-20)18-24(37-26(32)14-8-5-2)28(23)38-27(33)15-9-6-3/h10-12,16-18H,4-9,13-15,19H2,1-3H3. The van der Waals surface area contributed by atoms with Gasteiger partial charge in [0.15, 0.2) is 11.5 Å². The van der Waals surface area contributed by atoms with Crippen LogP contribution in [0, 0.1) is 5.82 Å². The van der Waals surface area contributed by atoms with E-state index in [2.05, 4.69) is 0 Å². The Labute approximate surface area is 222 Å². The van der Waals surface area contributed by atoms with Crippen LogP contribution in [0.4, 0.5) is 4.39 Å². The lowest BCUT2D eigenvalue weighted by Crippen LogP contribution is -2.16. The van der Waals surface area contributed by atoms with Crippen molar-refractivity contribution in [1.82, 2.24) is 0 Å². The first-order valence-electron chi connectivity index (χ1n) is 13.0. The number of esters is 4. The summed E-state index contributed by atoms with van der Waals surface area (Å²) in [5.41, 5.74) is 0.323. The molecule has 0 aliphatic carbocycles. The molecule has 0 N–H and O–H groups in total. The van der Waals surface area contributed by atoms with Crippen molar-refractivity contribution in [3.63, 3.8) is 0 Å². The number of rotatable bonds is 15. The average molecular weight is 531 g/mol. The van der Waals surface area contributed by atoms with Gasteiger partial charge in [0.1, 0.15) is 12.4 Å². The van der Waals surface area contributed by atoms with Crippen LogP contribution in [-0.2, 0) is 25.7 Å². The fourth-order valence-electron chi connectivity index (χ4n) is 3.28. The molecule has 0 amide bonds. The van der Waals surface area contributed by atoms with E-state index < -0.39 is 29.7 Å². The summed E-state index contributed by atoms with van der Waals surface area (Å²) < 4.78 is 35.2. The van der Waals surface area contributed by atoms with E-state index in [0.29, 0.717) is 24.8 Å². The van der Waals surface area contributed by atoms with E-state index >= 15 is 0 Å². The van der Waals surface area contributed by atoms with Crippen molar-refractivity contribution in [3.05, 3.63) is 53.3 Å². The molecule has 2 aromatic rings. The number of ether oxygens (including phenoxy) is 4. The monoisotopic (exact) mass is 530 g/mol. The lowest BCUT2D eigenvalue weighted by atomic mass is 10.1. The van der Waals surface area contributed by atoms with Crippen LogP contribution in [0.1, 0.15) is 94.5 Å². The molecule has 0 spiro atoms. The molecule has 206 valence electrons. The minimum absolute atomic E-state index is 0.0968. The van der Waals surface area contributed by atoms with Crippen LogP contribution in [0.25, 0.3) is 0 Å². The van der Waals surface area contributed by atoms with E-state index in [1.165, 1.54) is 30.3 Å². The zero-order valence-electron chi connectivity index (χ0n) is 22.2. The molecule has 0 saturated carbocycles. The second-order valence-electron chi connectivity index (χ2n) is 8.74. The lowest BCUT2D eigenvalue weighted by Gasteiger charge is -2.16. The Morgan fingerprint density at radius 2 is 1.21 bits per heavy atom. The molecule has 0 fully saturated rings. The number of carbonyl (C=O) groups excluding carboxylic acids is 4. The number of unbranched alkanes of at least 4 members (excludes halogenated alkanes) is 3. The summed E-state index contributed by atoms with van der Waals surface area (Å²) in [5.74, 6) is -3.88. The van der Waals surface area contributed by atoms with Gasteiger partial charge < -0.3 is 18.9 Å². The summed E-state index contributed by atoms with van der Waals surface area (Å²) in [7, 11) is 0. The summed E-state index contributed by atoms with van der Waals surface area (Å²) in [6.45, 7) is 5.52. The fraction of sp³-hybridized carbons (Fsp3) is 0.448. The highest BCUT2D eigenvalue weighted by atomic mass is 19.1. The molecule has 8 nitrogen and oxygen atoms in total. The van der Waals surface area contributed by atoms with Crippen LogP contribution < -0.4 is 14.2 Å². The predicted molar refractivity (Wildman–Crippen MR) is 137 cm³/mol. The maximum atomic E-state index is 13.5. The van der Waals surface area contributed by atoms with Crippen molar-refractivity contribution >= 4 is 23.9 Å². The number of hydrogen-bond acceptors (Lipinski definition) is 8. The van der Waals surface area contributed by atoms with E-state index in [-0.39, 0.29) is 48.7 Å². The second kappa shape index (κ2) is 16.2. The average Bonchev–Trinajstić information content (AvgIpc) is 2.89. The van der Waals surface area contributed by atoms with Crippen molar-refractivity contribution in [2.24, 2.45) is 0 Å². The smallest absolute Gasteiger partial charge is 0.338 e. The van der Waals surface area contributed by atoms with Gasteiger partial charge >= 0.3 is 23.9 Å². The Hall–Kier alpha value is -3.75. The minimum Gasteiger partial charge on any atom is -0.457 e. The van der Waals surface area contributed by atoms with Gasteiger partial charge in [-0.3, -0.25) is 14.4 Å². The van der Waals surface area contributed by atoms with E-state index in [1.807, 2.05) is 20.8 Å². The van der Waals surface area contributed by atoms with Crippen molar-refractivity contribution < 1.29 is 42.5 Å². The maximum Gasteiger partial charge on any atom is 0.338 e. The Balaban J connectivity index is 2.44. The highest BCUT2D eigenvalue weighted by Crippen LogP contribution is 2.40. The zero-order chi connectivity index (χ0) is 27.9. The van der Waals surface area contributed by atoms with Crippen LogP contribution in [0.2, 0.25) is 0 Å². The lowest BCUT2D eigenvalue weighted by molar-refractivity contribution is -0.138. The molecule has 0 aliphatic heterocycles. The quantitative estimate of drug-likeness (QED) is 0.191. The van der Waals surface area contributed by atoms with E-state index in [4.69, 9.17) is 18.9 Å². The molecule has 0 saturated heterocycles. The minimum atomic E-state index is -0.838. The molecule has 0 aromatic heterocycles. The highest BCUT2D eigenvalue weighted by Gasteiger charge is 2.25. The van der Waals surface area contributed by atoms with Gasteiger partial charge in [-0.25, -0.2) is 9.18 Å². The number of halogens is 1. The third kappa shape index (κ3) is 10.3. The summed E-state index contributed by atoms with van der Waals surface area (Å²) in [4.78, 5) is 50.3. The normalized spacial score (nSPS) is 10.5. The van der Waals surface area contributed by atoms with Gasteiger partial charge in [0.05, 0.1) is 5.56 Å². The topological polar surface area (TPSA) is 105 Å². The summed E-state index contributed by atoms with van der Waals surface area (Å²) in [6.07, 6.45) is 4.25. The number of benzene rings is 2. The predicted octanol–water partition coefficient (Wildman–Crippen LogP) is 6.47. The molecule has 2 aromatic carbocycles. The maximum absolute atomic E-state index is 13.5. The van der Waals surface area contributed by atoms with Crippen LogP contribution in [0.5, 0.6) is 17.2 Å². The third-order valence-corrected chi connectivity index (χ3v) is 5.38. The second-order valence-corrected chi connectivity index (χ2v) is 8.74.